The molecule has 1 aromatic rings. The molecule has 0 spiro atoms. The number of aromatic nitrogens is 2. The van der Waals surface area contributed by atoms with Gasteiger partial charge in [0.2, 0.25) is 5.75 Å². The van der Waals surface area contributed by atoms with Crippen molar-refractivity contribution in [1.82, 2.24) is 9.55 Å². The Hall–Kier alpha value is -1.07. The van der Waals surface area contributed by atoms with E-state index in [4.69, 9.17) is 21.1 Å². The smallest absolute Gasteiger partial charge is 0.297 e. The second kappa shape index (κ2) is 6.50. The minimum Gasteiger partial charge on any atom is -0.489 e. The van der Waals surface area contributed by atoms with E-state index in [0.29, 0.717) is 19.8 Å². The number of hydrogen-bond donors (Lipinski definition) is 0. The fraction of sp³-hybridized carbons (Fsp3) is 0.600. The van der Waals surface area contributed by atoms with E-state index in [-0.39, 0.29) is 16.5 Å². The van der Waals surface area contributed by atoms with E-state index >= 15 is 0 Å². The molecule has 5 nitrogen and oxygen atoms in total. The van der Waals surface area contributed by atoms with Crippen molar-refractivity contribution in [1.29, 1.82) is 0 Å². The highest BCUT2D eigenvalue weighted by atomic mass is 35.5. The van der Waals surface area contributed by atoms with Gasteiger partial charge in [-0.15, -0.1) is 0 Å². The van der Waals surface area contributed by atoms with Gasteiger partial charge in [-0.1, -0.05) is 18.5 Å². The highest BCUT2D eigenvalue weighted by molar-refractivity contribution is 6.30. The summed E-state index contributed by atoms with van der Waals surface area (Å²) in [5.74, 6) is 0.0691. The molecule has 6 heteroatoms. The molecule has 0 saturated heterocycles. The molecule has 1 rings (SSSR count). The van der Waals surface area contributed by atoms with Crippen molar-refractivity contribution in [2.75, 3.05) is 20.3 Å². The molecule has 16 heavy (non-hydrogen) atoms. The normalized spacial score (nSPS) is 10.4. The Balaban J connectivity index is 2.70. The van der Waals surface area contributed by atoms with Crippen LogP contribution >= 0.6 is 11.6 Å². The largest absolute Gasteiger partial charge is 0.489 e. The molecule has 0 aliphatic carbocycles. The van der Waals surface area contributed by atoms with Crippen LogP contribution in [0.15, 0.2) is 11.1 Å². The summed E-state index contributed by atoms with van der Waals surface area (Å²) in [7, 11) is 1.39. The number of nitrogens with zero attached hydrogens (tertiary/aromatic N) is 2. The lowest BCUT2D eigenvalue weighted by Gasteiger charge is -2.08. The molecule has 0 N–H and O–H groups in total. The third-order valence-corrected chi connectivity index (χ3v) is 2.25. The van der Waals surface area contributed by atoms with E-state index in [2.05, 4.69) is 4.98 Å². The maximum absolute atomic E-state index is 11.7. The molecule has 0 aromatic carbocycles. The SMILES string of the molecule is CCCOCCn1cnc(Cl)c(OC)c1=O. The maximum atomic E-state index is 11.7. The molecular weight excluding hydrogens is 232 g/mol. The summed E-state index contributed by atoms with van der Waals surface area (Å²) in [6, 6.07) is 0. The average Bonchev–Trinajstić information content (AvgIpc) is 2.28. The van der Waals surface area contributed by atoms with Crippen LogP contribution in [0.1, 0.15) is 13.3 Å². The summed E-state index contributed by atoms with van der Waals surface area (Å²) in [6.45, 7) is 3.63. The standard InChI is InChI=1S/C10H15ClN2O3/c1-3-5-16-6-4-13-7-12-9(11)8(15-2)10(13)14/h7H,3-6H2,1-2H3. The minimum atomic E-state index is -0.289. The van der Waals surface area contributed by atoms with Crippen molar-refractivity contribution in [3.8, 4) is 5.75 Å². The third kappa shape index (κ3) is 3.21. The first-order valence-electron chi connectivity index (χ1n) is 5.07. The molecule has 0 atom stereocenters. The molecule has 0 bridgehead atoms. The van der Waals surface area contributed by atoms with E-state index in [9.17, 15) is 4.79 Å². The van der Waals surface area contributed by atoms with Crippen LogP contribution < -0.4 is 10.3 Å². The molecule has 0 saturated carbocycles. The second-order valence-electron chi connectivity index (χ2n) is 3.18. The predicted molar refractivity (Wildman–Crippen MR) is 61.2 cm³/mol. The Morgan fingerprint density at radius 2 is 2.25 bits per heavy atom. The molecule has 0 aliphatic heterocycles. The Morgan fingerprint density at radius 3 is 2.88 bits per heavy atom. The van der Waals surface area contributed by atoms with Gasteiger partial charge in [0.05, 0.1) is 26.6 Å². The fourth-order valence-corrected chi connectivity index (χ4v) is 1.39. The first-order chi connectivity index (χ1) is 7.70. The van der Waals surface area contributed by atoms with Gasteiger partial charge in [0.15, 0.2) is 5.15 Å². The first-order valence-corrected chi connectivity index (χ1v) is 5.45. The van der Waals surface area contributed by atoms with E-state index in [1.54, 1.807) is 0 Å². The van der Waals surface area contributed by atoms with E-state index in [1.807, 2.05) is 6.92 Å². The third-order valence-electron chi connectivity index (χ3n) is 1.98. The molecule has 1 aromatic heterocycles. The molecule has 0 unspecified atom stereocenters. The highest BCUT2D eigenvalue weighted by Crippen LogP contribution is 2.14. The molecule has 0 fully saturated rings. The average molecular weight is 247 g/mol. The van der Waals surface area contributed by atoms with E-state index < -0.39 is 0 Å². The Labute approximate surface area is 99.0 Å². The lowest BCUT2D eigenvalue weighted by molar-refractivity contribution is 0.125. The molecular formula is C10H15ClN2O3. The van der Waals surface area contributed by atoms with Crippen LogP contribution in [0.25, 0.3) is 0 Å². The Morgan fingerprint density at radius 1 is 1.50 bits per heavy atom. The number of ether oxygens (including phenoxy) is 2. The lowest BCUT2D eigenvalue weighted by atomic mass is 10.5. The molecule has 0 amide bonds. The van der Waals surface area contributed by atoms with Gasteiger partial charge in [0.1, 0.15) is 0 Å². The van der Waals surface area contributed by atoms with Crippen molar-refractivity contribution in [3.05, 3.63) is 21.8 Å². The molecule has 0 aliphatic rings. The van der Waals surface area contributed by atoms with Crippen LogP contribution in [0.5, 0.6) is 5.75 Å². The molecule has 1 heterocycles. The van der Waals surface area contributed by atoms with E-state index in [1.165, 1.54) is 18.0 Å². The van der Waals surface area contributed by atoms with Crippen LogP contribution in [-0.2, 0) is 11.3 Å². The van der Waals surface area contributed by atoms with Crippen LogP contribution in [0.2, 0.25) is 5.15 Å². The summed E-state index contributed by atoms with van der Waals surface area (Å²) < 4.78 is 11.6. The van der Waals surface area contributed by atoms with Crippen LogP contribution in [-0.4, -0.2) is 29.9 Å². The first kappa shape index (κ1) is 13.0. The fourth-order valence-electron chi connectivity index (χ4n) is 1.19. The van der Waals surface area contributed by atoms with Crippen molar-refractivity contribution in [3.63, 3.8) is 0 Å². The van der Waals surface area contributed by atoms with E-state index in [0.717, 1.165) is 6.42 Å². The lowest BCUT2D eigenvalue weighted by Crippen LogP contribution is -2.24. The van der Waals surface area contributed by atoms with Gasteiger partial charge < -0.3 is 9.47 Å². The summed E-state index contributed by atoms with van der Waals surface area (Å²) >= 11 is 5.70. The number of halogens is 1. The zero-order chi connectivity index (χ0) is 12.0. The van der Waals surface area contributed by atoms with Crippen LogP contribution in [0, 0.1) is 0 Å². The van der Waals surface area contributed by atoms with Crippen molar-refractivity contribution in [2.45, 2.75) is 19.9 Å². The Kier molecular flexibility index (Phi) is 5.28. The van der Waals surface area contributed by atoms with Gasteiger partial charge in [-0.2, -0.15) is 0 Å². The van der Waals surface area contributed by atoms with Gasteiger partial charge in [-0.05, 0) is 6.42 Å². The topological polar surface area (TPSA) is 53.4 Å². The van der Waals surface area contributed by atoms with Gasteiger partial charge in [0, 0.05) is 6.61 Å². The van der Waals surface area contributed by atoms with Crippen LogP contribution in [0.3, 0.4) is 0 Å². The monoisotopic (exact) mass is 246 g/mol. The quantitative estimate of drug-likeness (QED) is 0.561. The van der Waals surface area contributed by atoms with Gasteiger partial charge >= 0.3 is 0 Å². The van der Waals surface area contributed by atoms with Gasteiger partial charge in [-0.3, -0.25) is 9.36 Å². The van der Waals surface area contributed by atoms with Crippen molar-refractivity contribution < 1.29 is 9.47 Å². The van der Waals surface area contributed by atoms with Crippen molar-refractivity contribution >= 4 is 11.6 Å². The summed E-state index contributed by atoms with van der Waals surface area (Å²) in [5.41, 5.74) is -0.289. The van der Waals surface area contributed by atoms with Crippen LogP contribution in [0.4, 0.5) is 0 Å². The Bertz CT molecular complexity index is 392. The minimum absolute atomic E-state index is 0.0691. The van der Waals surface area contributed by atoms with Gasteiger partial charge in [0.25, 0.3) is 5.56 Å². The molecule has 90 valence electrons. The van der Waals surface area contributed by atoms with Gasteiger partial charge in [-0.25, -0.2) is 4.98 Å². The number of methoxy groups -OCH3 is 1. The summed E-state index contributed by atoms with van der Waals surface area (Å²) in [6.07, 6.45) is 2.35. The highest BCUT2D eigenvalue weighted by Gasteiger charge is 2.09. The zero-order valence-corrected chi connectivity index (χ0v) is 10.2. The maximum Gasteiger partial charge on any atom is 0.297 e. The zero-order valence-electron chi connectivity index (χ0n) is 9.40. The number of hydrogen-bond acceptors (Lipinski definition) is 4. The summed E-state index contributed by atoms with van der Waals surface area (Å²) in [4.78, 5) is 15.6. The van der Waals surface area contributed by atoms with Crippen molar-refractivity contribution in [2.24, 2.45) is 0 Å². The summed E-state index contributed by atoms with van der Waals surface area (Å²) in [5, 5.41) is 0.0817. The second-order valence-corrected chi connectivity index (χ2v) is 3.54. The predicted octanol–water partition coefficient (Wildman–Crippen LogP) is 1.33. The molecule has 0 radical (unpaired) electrons. The number of rotatable bonds is 6.